The second kappa shape index (κ2) is 11.9. The summed E-state index contributed by atoms with van der Waals surface area (Å²) >= 11 is 0. The lowest BCUT2D eigenvalue weighted by molar-refractivity contribution is 0.0372. The number of carbonyl (C=O) groups is 1. The van der Waals surface area contributed by atoms with Crippen LogP contribution in [0.25, 0.3) is 16.9 Å². The van der Waals surface area contributed by atoms with Gasteiger partial charge in [0.2, 0.25) is 0 Å². The van der Waals surface area contributed by atoms with Crippen molar-refractivity contribution >= 4 is 22.8 Å². The molecule has 2 N–H and O–H groups in total. The number of hydrogen-bond acceptors (Lipinski definition) is 7. The molecular weight excluding hydrogens is 466 g/mol. The maximum absolute atomic E-state index is 12.8. The van der Waals surface area contributed by atoms with E-state index in [1.54, 1.807) is 18.7 Å². The molecule has 9 nitrogen and oxygen atoms in total. The van der Waals surface area contributed by atoms with Crippen LogP contribution < -0.4 is 10.6 Å². The van der Waals surface area contributed by atoms with Crippen LogP contribution in [0, 0.1) is 0 Å². The molecule has 9 heteroatoms. The molecular formula is C28H33N7O2. The van der Waals surface area contributed by atoms with E-state index in [0.29, 0.717) is 23.7 Å². The highest BCUT2D eigenvalue weighted by Gasteiger charge is 2.13. The summed E-state index contributed by atoms with van der Waals surface area (Å²) in [6, 6.07) is 15.8. The quantitative estimate of drug-likeness (QED) is 0.320. The fourth-order valence-corrected chi connectivity index (χ4v) is 4.51. The molecule has 1 aliphatic heterocycles. The summed E-state index contributed by atoms with van der Waals surface area (Å²) < 4.78 is 7.25. The lowest BCUT2D eigenvalue weighted by atomic mass is 10.1. The van der Waals surface area contributed by atoms with Crippen molar-refractivity contribution in [3.63, 3.8) is 0 Å². The van der Waals surface area contributed by atoms with Gasteiger partial charge in [-0.2, -0.15) is 0 Å². The number of ether oxygens (including phenoxy) is 1. The minimum Gasteiger partial charge on any atom is -0.379 e. The van der Waals surface area contributed by atoms with Gasteiger partial charge in [0.15, 0.2) is 5.82 Å². The van der Waals surface area contributed by atoms with Gasteiger partial charge in [0.1, 0.15) is 12.1 Å². The van der Waals surface area contributed by atoms with E-state index >= 15 is 0 Å². The minimum absolute atomic E-state index is 0.0782. The molecule has 2 aromatic carbocycles. The standard InChI is InChI=1S/C28H33N7O2/c1-21(22-7-3-2-4-8-22)32-26-18-29-19-27(33-26)35-20-31-24-10-9-23(17-25(24)35)28(36)30-11-5-6-12-34-13-15-37-16-14-34/h2-4,7-10,17-21H,5-6,11-16H2,1H3,(H,30,36)(H,32,33)/t21-/m0/s1. The van der Waals surface area contributed by atoms with Crippen LogP contribution in [-0.2, 0) is 4.74 Å². The maximum atomic E-state index is 12.8. The smallest absolute Gasteiger partial charge is 0.251 e. The van der Waals surface area contributed by atoms with Crippen LogP contribution in [0.5, 0.6) is 0 Å². The van der Waals surface area contributed by atoms with Crippen LogP contribution in [0.15, 0.2) is 67.3 Å². The van der Waals surface area contributed by atoms with Crippen molar-refractivity contribution in [2.75, 3.05) is 44.7 Å². The molecule has 1 aliphatic rings. The van der Waals surface area contributed by atoms with Crippen LogP contribution in [0.2, 0.25) is 0 Å². The van der Waals surface area contributed by atoms with Gasteiger partial charge in [-0.25, -0.2) is 9.97 Å². The normalized spacial score (nSPS) is 14.9. The molecule has 0 aliphatic carbocycles. The zero-order chi connectivity index (χ0) is 25.5. The number of carbonyl (C=O) groups excluding carboxylic acids is 1. The highest BCUT2D eigenvalue weighted by molar-refractivity contribution is 5.97. The summed E-state index contributed by atoms with van der Waals surface area (Å²) in [5.74, 6) is 1.22. The van der Waals surface area contributed by atoms with Crippen molar-refractivity contribution < 1.29 is 9.53 Å². The zero-order valence-corrected chi connectivity index (χ0v) is 21.1. The second-order valence-corrected chi connectivity index (χ2v) is 9.27. The zero-order valence-electron chi connectivity index (χ0n) is 21.1. The number of benzene rings is 2. The Morgan fingerprint density at radius 1 is 1.08 bits per heavy atom. The molecule has 0 unspecified atom stereocenters. The fraction of sp³-hybridized carbons (Fsp3) is 0.357. The number of imidazole rings is 1. The average molecular weight is 500 g/mol. The number of unbranched alkanes of at least 4 members (excludes halogenated alkanes) is 1. The number of aromatic nitrogens is 4. The number of rotatable bonds is 10. The molecule has 37 heavy (non-hydrogen) atoms. The van der Waals surface area contributed by atoms with Gasteiger partial charge in [-0.1, -0.05) is 30.3 Å². The second-order valence-electron chi connectivity index (χ2n) is 9.27. The van der Waals surface area contributed by atoms with Crippen LogP contribution in [0.4, 0.5) is 5.82 Å². The third-order valence-electron chi connectivity index (χ3n) is 6.63. The van der Waals surface area contributed by atoms with E-state index in [9.17, 15) is 4.79 Å². The lowest BCUT2D eigenvalue weighted by Gasteiger charge is -2.26. The van der Waals surface area contributed by atoms with Crippen LogP contribution in [0.1, 0.15) is 41.7 Å². The Bertz CT molecular complexity index is 1320. The minimum atomic E-state index is -0.0841. The molecule has 1 atom stereocenters. The first kappa shape index (κ1) is 24.9. The highest BCUT2D eigenvalue weighted by atomic mass is 16.5. The highest BCUT2D eigenvalue weighted by Crippen LogP contribution is 2.21. The Morgan fingerprint density at radius 2 is 1.92 bits per heavy atom. The third kappa shape index (κ3) is 6.31. The Kier molecular flexibility index (Phi) is 8.02. The molecule has 0 radical (unpaired) electrons. The van der Waals surface area contributed by atoms with Crippen molar-refractivity contribution in [2.45, 2.75) is 25.8 Å². The predicted molar refractivity (Wildman–Crippen MR) is 144 cm³/mol. The Hall–Kier alpha value is -3.82. The van der Waals surface area contributed by atoms with Gasteiger partial charge in [0.25, 0.3) is 5.91 Å². The number of hydrogen-bond donors (Lipinski definition) is 2. The summed E-state index contributed by atoms with van der Waals surface area (Å²) in [4.78, 5) is 28.9. The van der Waals surface area contributed by atoms with Crippen LogP contribution >= 0.6 is 0 Å². The van der Waals surface area contributed by atoms with Gasteiger partial charge in [-0.05, 0) is 50.1 Å². The summed E-state index contributed by atoms with van der Waals surface area (Å²) in [7, 11) is 0. The van der Waals surface area contributed by atoms with E-state index in [0.717, 1.165) is 56.7 Å². The van der Waals surface area contributed by atoms with E-state index in [-0.39, 0.29) is 11.9 Å². The first-order valence-electron chi connectivity index (χ1n) is 12.9. The number of morpholine rings is 1. The number of fused-ring (bicyclic) bond motifs is 1. The van der Waals surface area contributed by atoms with Gasteiger partial charge in [0, 0.05) is 31.2 Å². The number of anilines is 1. The van der Waals surface area contributed by atoms with E-state index < -0.39 is 0 Å². The van der Waals surface area contributed by atoms with Crippen molar-refractivity contribution in [3.8, 4) is 5.82 Å². The molecule has 0 saturated carbocycles. The molecule has 3 heterocycles. The topological polar surface area (TPSA) is 97.2 Å². The van der Waals surface area contributed by atoms with Crippen molar-refractivity contribution in [3.05, 3.63) is 78.4 Å². The van der Waals surface area contributed by atoms with Gasteiger partial charge < -0.3 is 15.4 Å². The Morgan fingerprint density at radius 3 is 2.76 bits per heavy atom. The molecule has 1 saturated heterocycles. The van der Waals surface area contributed by atoms with Gasteiger partial charge in [0.05, 0.1) is 36.6 Å². The molecule has 2 aromatic heterocycles. The number of nitrogens with one attached hydrogen (secondary N) is 2. The number of amides is 1. The molecule has 5 rings (SSSR count). The van der Waals surface area contributed by atoms with Crippen LogP contribution in [-0.4, -0.2) is 69.7 Å². The largest absolute Gasteiger partial charge is 0.379 e. The van der Waals surface area contributed by atoms with E-state index in [2.05, 4.69) is 44.6 Å². The predicted octanol–water partition coefficient (Wildman–Crippen LogP) is 3.83. The van der Waals surface area contributed by atoms with Crippen molar-refractivity contribution in [2.24, 2.45) is 0 Å². The molecule has 1 fully saturated rings. The summed E-state index contributed by atoms with van der Waals surface area (Å²) in [5.41, 5.74) is 3.37. The first-order chi connectivity index (χ1) is 18.2. The van der Waals surface area contributed by atoms with E-state index in [1.807, 2.05) is 41.0 Å². The van der Waals surface area contributed by atoms with Gasteiger partial charge in [-0.15, -0.1) is 0 Å². The molecule has 4 aromatic rings. The molecule has 1 amide bonds. The third-order valence-corrected chi connectivity index (χ3v) is 6.63. The average Bonchev–Trinajstić information content (AvgIpc) is 3.37. The first-order valence-corrected chi connectivity index (χ1v) is 12.9. The van der Waals surface area contributed by atoms with Gasteiger partial charge >= 0.3 is 0 Å². The maximum Gasteiger partial charge on any atom is 0.251 e. The van der Waals surface area contributed by atoms with Crippen molar-refractivity contribution in [1.82, 2.24) is 29.7 Å². The number of nitrogens with zero attached hydrogens (tertiary/aromatic N) is 5. The Labute approximate surface area is 216 Å². The molecule has 192 valence electrons. The summed E-state index contributed by atoms with van der Waals surface area (Å²) in [6.45, 7) is 7.40. The SMILES string of the molecule is C[C@H](Nc1cncc(-n2cnc3ccc(C(=O)NCCCCN4CCOCC4)cc32)n1)c1ccccc1. The van der Waals surface area contributed by atoms with Gasteiger partial charge in [-0.3, -0.25) is 19.2 Å². The molecule has 0 bridgehead atoms. The lowest BCUT2D eigenvalue weighted by Crippen LogP contribution is -2.37. The monoisotopic (exact) mass is 499 g/mol. The summed E-state index contributed by atoms with van der Waals surface area (Å²) in [5, 5.41) is 6.46. The van der Waals surface area contributed by atoms with E-state index in [1.165, 1.54) is 5.56 Å². The Balaban J connectivity index is 1.22. The fourth-order valence-electron chi connectivity index (χ4n) is 4.51. The van der Waals surface area contributed by atoms with E-state index in [4.69, 9.17) is 9.72 Å². The molecule has 0 spiro atoms. The van der Waals surface area contributed by atoms with Crippen molar-refractivity contribution in [1.29, 1.82) is 0 Å². The summed E-state index contributed by atoms with van der Waals surface area (Å²) in [6.07, 6.45) is 7.12. The van der Waals surface area contributed by atoms with Crippen LogP contribution in [0.3, 0.4) is 0 Å².